The molecule has 0 bridgehead atoms. The molecule has 0 aromatic rings. The summed E-state index contributed by atoms with van der Waals surface area (Å²) in [6.45, 7) is 0. The lowest BCUT2D eigenvalue weighted by molar-refractivity contribution is -0.117. The molecule has 0 spiro atoms. The van der Waals surface area contributed by atoms with Crippen molar-refractivity contribution in [2.24, 2.45) is 5.73 Å². The van der Waals surface area contributed by atoms with Gasteiger partial charge in [-0.2, -0.15) is 0 Å². The summed E-state index contributed by atoms with van der Waals surface area (Å²) in [6.07, 6.45) is 0.479. The van der Waals surface area contributed by atoms with Gasteiger partial charge in [0.1, 0.15) is 5.03 Å². The van der Waals surface area contributed by atoms with Crippen molar-refractivity contribution in [1.82, 2.24) is 10.8 Å². The Labute approximate surface area is 72.5 Å². The van der Waals surface area contributed by atoms with Crippen LogP contribution in [0.5, 0.6) is 0 Å². The highest BCUT2D eigenvalue weighted by Gasteiger charge is 2.10. The summed E-state index contributed by atoms with van der Waals surface area (Å²) in [6, 6.07) is 0. The number of rotatable bonds is 2. The van der Waals surface area contributed by atoms with Crippen molar-refractivity contribution < 1.29 is 14.4 Å². The van der Waals surface area contributed by atoms with Crippen LogP contribution in [0.25, 0.3) is 0 Å². The summed E-state index contributed by atoms with van der Waals surface area (Å²) in [5.74, 6) is 0.200. The topological polar surface area (TPSA) is 93.5 Å². The van der Waals surface area contributed by atoms with E-state index in [0.29, 0.717) is 10.8 Å². The molecule has 12 heavy (non-hydrogen) atoms. The van der Waals surface area contributed by atoms with Crippen LogP contribution >= 0.6 is 11.8 Å². The second-order valence-corrected chi connectivity index (χ2v) is 2.91. The van der Waals surface area contributed by atoms with Gasteiger partial charge in [0.15, 0.2) is 0 Å². The zero-order chi connectivity index (χ0) is 8.97. The van der Waals surface area contributed by atoms with Crippen LogP contribution in [0.3, 0.4) is 0 Å². The predicted octanol–water partition coefficient (Wildman–Crippen LogP) is -0.752. The van der Waals surface area contributed by atoms with Crippen LogP contribution < -0.4 is 16.5 Å². The van der Waals surface area contributed by atoms with Crippen LogP contribution in [-0.2, 0) is 9.63 Å². The fourth-order valence-corrected chi connectivity index (χ4v) is 1.14. The van der Waals surface area contributed by atoms with Crippen LogP contribution in [0.2, 0.25) is 0 Å². The van der Waals surface area contributed by atoms with Gasteiger partial charge < -0.3 is 15.9 Å². The molecule has 4 N–H and O–H groups in total. The Balaban J connectivity index is 2.33. The minimum atomic E-state index is -0.923. The van der Waals surface area contributed by atoms with Gasteiger partial charge in [-0.15, -0.1) is 0 Å². The van der Waals surface area contributed by atoms with Crippen LogP contribution in [-0.4, -0.2) is 17.8 Å². The molecule has 0 aliphatic carbocycles. The number of nitrogens with one attached hydrogen (secondary N) is 2. The minimum Gasteiger partial charge on any atom is -0.333 e. The number of hydrogen-bond donors (Lipinski definition) is 3. The van der Waals surface area contributed by atoms with E-state index in [4.69, 9.17) is 0 Å². The molecule has 1 aliphatic heterocycles. The maximum absolute atomic E-state index is 10.6. The van der Waals surface area contributed by atoms with Crippen LogP contribution in [0, 0.1) is 0 Å². The van der Waals surface area contributed by atoms with E-state index in [0.717, 1.165) is 0 Å². The fraction of sp³-hybridized carbons (Fsp3) is 0.200. The molecule has 0 aromatic carbocycles. The number of hydroxylamine groups is 1. The Morgan fingerprint density at radius 1 is 1.83 bits per heavy atom. The normalized spacial score (nSPS) is 16.0. The molecular formula is C5H7N3O3S. The third-order valence-corrected chi connectivity index (χ3v) is 1.89. The number of hydrogen-bond acceptors (Lipinski definition) is 5. The van der Waals surface area contributed by atoms with E-state index in [-0.39, 0.29) is 5.91 Å². The van der Waals surface area contributed by atoms with E-state index in [1.807, 2.05) is 0 Å². The van der Waals surface area contributed by atoms with Crippen LogP contribution in [0.1, 0.15) is 0 Å². The van der Waals surface area contributed by atoms with Gasteiger partial charge in [0.25, 0.3) is 0 Å². The Hall–Kier alpha value is -1.37. The molecule has 0 fully saturated rings. The molecule has 1 rings (SSSR count). The van der Waals surface area contributed by atoms with E-state index >= 15 is 0 Å². The molecule has 2 amide bonds. The largest absolute Gasteiger partial charge is 0.428 e. The predicted molar refractivity (Wildman–Crippen MR) is 42.5 cm³/mol. The Kier molecular flexibility index (Phi) is 2.81. The third-order valence-electron chi connectivity index (χ3n) is 0.975. The van der Waals surface area contributed by atoms with E-state index in [2.05, 4.69) is 21.4 Å². The molecule has 6 nitrogen and oxygen atoms in total. The quantitative estimate of drug-likeness (QED) is 0.497. The van der Waals surface area contributed by atoms with Crippen molar-refractivity contribution >= 4 is 23.8 Å². The van der Waals surface area contributed by atoms with Gasteiger partial charge >= 0.3 is 6.09 Å². The van der Waals surface area contributed by atoms with Gasteiger partial charge in [0.2, 0.25) is 5.91 Å². The average Bonchev–Trinajstić information content (AvgIpc) is 2.03. The van der Waals surface area contributed by atoms with Crippen molar-refractivity contribution in [1.29, 1.82) is 0 Å². The second-order valence-electron chi connectivity index (χ2n) is 1.89. The first-order valence-corrected chi connectivity index (χ1v) is 4.01. The first kappa shape index (κ1) is 8.72. The minimum absolute atomic E-state index is 0.0929. The maximum atomic E-state index is 10.6. The van der Waals surface area contributed by atoms with E-state index in [9.17, 15) is 9.59 Å². The molecule has 1 heterocycles. The molecule has 0 radical (unpaired) electrons. The number of carbonyl (C=O) groups is 2. The number of carbonyl (C=O) groups excluding carboxylic acids is 2. The SMILES string of the molecule is NC(=O)ONC1=CNC(=O)CS1. The second kappa shape index (κ2) is 3.86. The first-order valence-electron chi connectivity index (χ1n) is 3.03. The molecule has 0 saturated heterocycles. The van der Waals surface area contributed by atoms with Crippen molar-refractivity contribution in [3.05, 3.63) is 11.2 Å². The van der Waals surface area contributed by atoms with Gasteiger partial charge in [-0.25, -0.2) is 10.3 Å². The molecule has 0 aromatic heterocycles. The number of nitrogens with two attached hydrogens (primary N) is 1. The highest BCUT2D eigenvalue weighted by Crippen LogP contribution is 2.14. The summed E-state index contributed by atoms with van der Waals surface area (Å²) in [5, 5.41) is 2.97. The monoisotopic (exact) mass is 189 g/mol. The zero-order valence-corrected chi connectivity index (χ0v) is 6.81. The summed E-state index contributed by atoms with van der Waals surface area (Å²) in [7, 11) is 0. The summed E-state index contributed by atoms with van der Waals surface area (Å²) >= 11 is 1.22. The van der Waals surface area contributed by atoms with Gasteiger partial charge in [-0.05, 0) is 0 Å². The first-order chi connectivity index (χ1) is 5.68. The van der Waals surface area contributed by atoms with Crippen molar-refractivity contribution in [3.8, 4) is 0 Å². The highest BCUT2D eigenvalue weighted by atomic mass is 32.2. The molecule has 66 valence electrons. The average molecular weight is 189 g/mol. The standard InChI is InChI=1S/C5H7N3O3S/c6-5(10)11-8-4-1-7-3(9)2-12-4/h1,8H,2H2,(H2,6,10)(H,7,9). The number of thioether (sulfide) groups is 1. The molecule has 0 unspecified atom stereocenters. The Morgan fingerprint density at radius 3 is 3.08 bits per heavy atom. The summed E-state index contributed by atoms with van der Waals surface area (Å²) in [4.78, 5) is 25.0. The lowest BCUT2D eigenvalue weighted by Gasteiger charge is -2.12. The number of primary amides is 1. The lowest BCUT2D eigenvalue weighted by atomic mass is 10.7. The molecular weight excluding hydrogens is 182 g/mol. The third kappa shape index (κ3) is 2.70. The van der Waals surface area contributed by atoms with Crippen LogP contribution in [0.4, 0.5) is 4.79 Å². The fourth-order valence-electron chi connectivity index (χ4n) is 0.532. The summed E-state index contributed by atoms with van der Waals surface area (Å²) < 4.78 is 0. The van der Waals surface area contributed by atoms with E-state index < -0.39 is 6.09 Å². The Morgan fingerprint density at radius 2 is 2.58 bits per heavy atom. The van der Waals surface area contributed by atoms with E-state index in [1.54, 1.807) is 0 Å². The zero-order valence-electron chi connectivity index (χ0n) is 5.99. The molecule has 0 atom stereocenters. The summed E-state index contributed by atoms with van der Waals surface area (Å²) in [5.41, 5.74) is 6.97. The smallest absolute Gasteiger partial charge is 0.333 e. The van der Waals surface area contributed by atoms with Crippen molar-refractivity contribution in [2.45, 2.75) is 0 Å². The van der Waals surface area contributed by atoms with E-state index in [1.165, 1.54) is 18.0 Å². The molecule has 0 saturated carbocycles. The van der Waals surface area contributed by atoms with Gasteiger partial charge in [0, 0.05) is 6.20 Å². The maximum Gasteiger partial charge on any atom is 0.428 e. The van der Waals surface area contributed by atoms with Crippen molar-refractivity contribution in [3.63, 3.8) is 0 Å². The van der Waals surface area contributed by atoms with Crippen LogP contribution in [0.15, 0.2) is 11.2 Å². The van der Waals surface area contributed by atoms with Gasteiger partial charge in [-0.3, -0.25) is 4.79 Å². The Bertz CT molecular complexity index is 240. The lowest BCUT2D eigenvalue weighted by Crippen LogP contribution is -2.29. The number of amides is 2. The van der Waals surface area contributed by atoms with Gasteiger partial charge in [-0.1, -0.05) is 11.8 Å². The van der Waals surface area contributed by atoms with Gasteiger partial charge in [0.05, 0.1) is 5.75 Å². The molecule has 1 aliphatic rings. The molecule has 7 heteroatoms. The van der Waals surface area contributed by atoms with Crippen molar-refractivity contribution in [2.75, 3.05) is 5.75 Å². The highest BCUT2D eigenvalue weighted by molar-refractivity contribution is 8.03.